The highest BCUT2D eigenvalue weighted by atomic mass is 19.4. The molecule has 0 saturated carbocycles. The first kappa shape index (κ1) is 13.9. The summed E-state index contributed by atoms with van der Waals surface area (Å²) >= 11 is 0. The fraction of sp³-hybridized carbons (Fsp3) is 0.250. The van der Waals surface area contributed by atoms with Crippen LogP contribution in [0.4, 0.5) is 13.2 Å². The molecule has 21 heavy (non-hydrogen) atoms. The van der Waals surface area contributed by atoms with E-state index in [1.807, 2.05) is 24.3 Å². The molecule has 0 radical (unpaired) electrons. The van der Waals surface area contributed by atoms with Crippen molar-refractivity contribution in [2.45, 2.75) is 24.7 Å². The van der Waals surface area contributed by atoms with Crippen LogP contribution in [0.25, 0.3) is 0 Å². The van der Waals surface area contributed by atoms with Gasteiger partial charge in [-0.2, -0.15) is 0 Å². The van der Waals surface area contributed by atoms with Gasteiger partial charge in [-0.3, -0.25) is 0 Å². The summed E-state index contributed by atoms with van der Waals surface area (Å²) in [5.41, 5.74) is 8.47. The van der Waals surface area contributed by atoms with E-state index in [2.05, 4.69) is 4.74 Å². The number of alkyl halides is 3. The second kappa shape index (κ2) is 4.77. The minimum Gasteiger partial charge on any atom is -0.406 e. The second-order valence-corrected chi connectivity index (χ2v) is 5.20. The Hall–Kier alpha value is -2.01. The van der Waals surface area contributed by atoms with Crippen LogP contribution in [0.15, 0.2) is 48.5 Å². The molecule has 1 atom stereocenters. The zero-order valence-electron chi connectivity index (χ0n) is 11.2. The molecule has 2 nitrogen and oxygen atoms in total. The van der Waals surface area contributed by atoms with Gasteiger partial charge in [0.2, 0.25) is 0 Å². The number of aryl methyl sites for hydroxylation is 1. The van der Waals surface area contributed by atoms with E-state index in [0.717, 1.165) is 17.5 Å². The third kappa shape index (κ3) is 2.61. The maximum Gasteiger partial charge on any atom is 0.573 e. The van der Waals surface area contributed by atoms with Crippen molar-refractivity contribution >= 4 is 0 Å². The van der Waals surface area contributed by atoms with Gasteiger partial charge in [-0.25, -0.2) is 0 Å². The molecule has 0 amide bonds. The predicted molar refractivity (Wildman–Crippen MR) is 72.9 cm³/mol. The molecule has 2 aromatic carbocycles. The molecule has 1 aliphatic carbocycles. The lowest BCUT2D eigenvalue weighted by Gasteiger charge is -2.26. The molecule has 0 aromatic heterocycles. The Bertz CT molecular complexity index is 669. The van der Waals surface area contributed by atoms with Gasteiger partial charge >= 0.3 is 6.36 Å². The number of nitrogens with two attached hydrogens (primary N) is 1. The fourth-order valence-corrected chi connectivity index (χ4v) is 2.91. The topological polar surface area (TPSA) is 35.2 Å². The lowest BCUT2D eigenvalue weighted by molar-refractivity contribution is -0.274. The van der Waals surface area contributed by atoms with Crippen molar-refractivity contribution in [2.75, 3.05) is 0 Å². The van der Waals surface area contributed by atoms with Crippen LogP contribution in [0, 0.1) is 0 Å². The summed E-state index contributed by atoms with van der Waals surface area (Å²) in [4.78, 5) is 0. The molecule has 0 spiro atoms. The van der Waals surface area contributed by atoms with Crippen LogP contribution in [0.2, 0.25) is 0 Å². The monoisotopic (exact) mass is 293 g/mol. The Labute approximate surface area is 120 Å². The number of benzene rings is 2. The largest absolute Gasteiger partial charge is 0.573 e. The smallest absolute Gasteiger partial charge is 0.406 e. The second-order valence-electron chi connectivity index (χ2n) is 5.20. The van der Waals surface area contributed by atoms with E-state index in [4.69, 9.17) is 5.73 Å². The number of hydrogen-bond acceptors (Lipinski definition) is 2. The van der Waals surface area contributed by atoms with Crippen molar-refractivity contribution in [1.82, 2.24) is 0 Å². The highest BCUT2D eigenvalue weighted by molar-refractivity contribution is 5.48. The van der Waals surface area contributed by atoms with E-state index in [-0.39, 0.29) is 5.75 Å². The zero-order chi connectivity index (χ0) is 15.1. The van der Waals surface area contributed by atoms with E-state index in [1.54, 1.807) is 6.07 Å². The lowest BCUT2D eigenvalue weighted by Crippen LogP contribution is -2.35. The van der Waals surface area contributed by atoms with Gasteiger partial charge in [0.25, 0.3) is 0 Å². The first-order valence-corrected chi connectivity index (χ1v) is 6.62. The van der Waals surface area contributed by atoms with Crippen LogP contribution < -0.4 is 10.5 Å². The van der Waals surface area contributed by atoms with Crippen LogP contribution in [-0.4, -0.2) is 6.36 Å². The Balaban J connectivity index is 2.00. The summed E-state index contributed by atoms with van der Waals surface area (Å²) < 4.78 is 41.0. The van der Waals surface area contributed by atoms with Gasteiger partial charge in [0, 0.05) is 0 Å². The van der Waals surface area contributed by atoms with E-state index in [1.165, 1.54) is 18.2 Å². The van der Waals surface area contributed by atoms with Gasteiger partial charge in [0.15, 0.2) is 0 Å². The predicted octanol–water partition coefficient (Wildman–Crippen LogP) is 3.73. The molecule has 5 heteroatoms. The molecule has 0 bridgehead atoms. The van der Waals surface area contributed by atoms with Crippen molar-refractivity contribution in [1.29, 1.82) is 0 Å². The molecule has 0 fully saturated rings. The quantitative estimate of drug-likeness (QED) is 0.915. The minimum absolute atomic E-state index is 0.241. The molecule has 2 aromatic rings. The average Bonchev–Trinajstić information content (AvgIpc) is 2.77. The molecule has 0 saturated heterocycles. The van der Waals surface area contributed by atoms with Gasteiger partial charge in [0.1, 0.15) is 5.75 Å². The van der Waals surface area contributed by atoms with Crippen LogP contribution in [0.1, 0.15) is 23.1 Å². The Kier molecular flexibility index (Phi) is 3.17. The zero-order valence-corrected chi connectivity index (χ0v) is 11.2. The molecular formula is C16H14F3NO. The SMILES string of the molecule is NC1(c2cccc(OC(F)(F)F)c2)CCc2ccccc21. The maximum absolute atomic E-state index is 12.3. The third-order valence-electron chi connectivity index (χ3n) is 3.87. The van der Waals surface area contributed by atoms with Crippen LogP contribution in [-0.2, 0) is 12.0 Å². The number of fused-ring (bicyclic) bond motifs is 1. The van der Waals surface area contributed by atoms with E-state index in [0.29, 0.717) is 12.0 Å². The summed E-state index contributed by atoms with van der Waals surface area (Å²) in [7, 11) is 0. The Morgan fingerprint density at radius 1 is 1.05 bits per heavy atom. The normalized spacial score (nSPS) is 21.1. The van der Waals surface area contributed by atoms with Crippen LogP contribution in [0.3, 0.4) is 0 Å². The molecule has 0 aliphatic heterocycles. The van der Waals surface area contributed by atoms with Gasteiger partial charge < -0.3 is 10.5 Å². The van der Waals surface area contributed by atoms with Crippen molar-refractivity contribution in [3.63, 3.8) is 0 Å². The highest BCUT2D eigenvalue weighted by Gasteiger charge is 2.37. The van der Waals surface area contributed by atoms with Gasteiger partial charge in [0.05, 0.1) is 5.54 Å². The van der Waals surface area contributed by atoms with E-state index >= 15 is 0 Å². The molecule has 110 valence electrons. The number of hydrogen-bond donors (Lipinski definition) is 1. The molecular weight excluding hydrogens is 279 g/mol. The van der Waals surface area contributed by atoms with Crippen molar-refractivity contribution in [3.05, 3.63) is 65.2 Å². The maximum atomic E-state index is 12.3. The number of halogens is 3. The molecule has 2 N–H and O–H groups in total. The van der Waals surface area contributed by atoms with Gasteiger partial charge in [-0.1, -0.05) is 36.4 Å². The van der Waals surface area contributed by atoms with Crippen molar-refractivity contribution in [2.24, 2.45) is 5.73 Å². The molecule has 3 rings (SSSR count). The number of ether oxygens (including phenoxy) is 1. The van der Waals surface area contributed by atoms with Gasteiger partial charge in [-0.05, 0) is 41.7 Å². The molecule has 0 heterocycles. The lowest BCUT2D eigenvalue weighted by atomic mass is 9.85. The summed E-state index contributed by atoms with van der Waals surface area (Å²) in [6.45, 7) is 0. The summed E-state index contributed by atoms with van der Waals surface area (Å²) in [6, 6.07) is 13.7. The summed E-state index contributed by atoms with van der Waals surface area (Å²) in [6.07, 6.45) is -3.22. The van der Waals surface area contributed by atoms with E-state index < -0.39 is 11.9 Å². The average molecular weight is 293 g/mol. The Morgan fingerprint density at radius 2 is 1.81 bits per heavy atom. The van der Waals surface area contributed by atoms with Crippen LogP contribution >= 0.6 is 0 Å². The molecule has 1 unspecified atom stereocenters. The highest BCUT2D eigenvalue weighted by Crippen LogP contribution is 2.41. The summed E-state index contributed by atoms with van der Waals surface area (Å²) in [5, 5.41) is 0. The summed E-state index contributed by atoms with van der Waals surface area (Å²) in [5.74, 6) is -0.241. The first-order valence-electron chi connectivity index (χ1n) is 6.62. The standard InChI is InChI=1S/C16H14F3NO/c17-16(18,19)21-13-6-3-5-12(10-13)15(20)9-8-11-4-1-2-7-14(11)15/h1-7,10H,8-9,20H2. The van der Waals surface area contributed by atoms with Gasteiger partial charge in [-0.15, -0.1) is 13.2 Å². The number of rotatable bonds is 2. The minimum atomic E-state index is -4.70. The fourth-order valence-electron chi connectivity index (χ4n) is 2.91. The van der Waals surface area contributed by atoms with Crippen molar-refractivity contribution in [3.8, 4) is 5.75 Å². The van der Waals surface area contributed by atoms with Crippen LogP contribution in [0.5, 0.6) is 5.75 Å². The Morgan fingerprint density at radius 3 is 2.57 bits per heavy atom. The third-order valence-corrected chi connectivity index (χ3v) is 3.87. The van der Waals surface area contributed by atoms with Crippen molar-refractivity contribution < 1.29 is 17.9 Å². The molecule has 1 aliphatic rings. The first-order chi connectivity index (χ1) is 9.88. The van der Waals surface area contributed by atoms with E-state index in [9.17, 15) is 13.2 Å².